The van der Waals surface area contributed by atoms with Gasteiger partial charge in [-0.3, -0.25) is 0 Å². The van der Waals surface area contributed by atoms with Gasteiger partial charge in [0.05, 0.1) is 7.11 Å². The van der Waals surface area contributed by atoms with Gasteiger partial charge in [0.15, 0.2) is 0 Å². The highest BCUT2D eigenvalue weighted by atomic mass is 79.9. The Bertz CT molecular complexity index is 566. The molecule has 0 aliphatic rings. The summed E-state index contributed by atoms with van der Waals surface area (Å²) in [5.41, 5.74) is 3.80. The second-order valence-electron chi connectivity index (χ2n) is 4.96. The summed E-state index contributed by atoms with van der Waals surface area (Å²) in [6, 6.07) is 15.0. The molecule has 0 aliphatic carbocycles. The molecule has 2 aromatic carbocycles. The molecular formula is C17H20BrNO. The smallest absolute Gasteiger partial charge is 0.118 e. The van der Waals surface area contributed by atoms with Gasteiger partial charge >= 0.3 is 0 Å². The van der Waals surface area contributed by atoms with E-state index in [0.29, 0.717) is 6.04 Å². The normalized spacial score (nSPS) is 12.2. The number of halogens is 1. The highest BCUT2D eigenvalue weighted by molar-refractivity contribution is 9.10. The monoisotopic (exact) mass is 333 g/mol. The van der Waals surface area contributed by atoms with Crippen LogP contribution in [-0.2, 0) is 6.54 Å². The number of aryl methyl sites for hydroxylation is 1. The Balaban J connectivity index is 1.96. The third-order valence-corrected chi connectivity index (χ3v) is 4.32. The molecule has 1 atom stereocenters. The van der Waals surface area contributed by atoms with Crippen molar-refractivity contribution in [1.82, 2.24) is 5.32 Å². The maximum Gasteiger partial charge on any atom is 0.118 e. The summed E-state index contributed by atoms with van der Waals surface area (Å²) < 4.78 is 6.34. The maximum absolute atomic E-state index is 5.18. The van der Waals surface area contributed by atoms with E-state index < -0.39 is 0 Å². The quantitative estimate of drug-likeness (QED) is 0.862. The van der Waals surface area contributed by atoms with Crippen LogP contribution in [0.1, 0.15) is 29.7 Å². The number of rotatable bonds is 5. The highest BCUT2D eigenvalue weighted by Gasteiger charge is 2.05. The average molecular weight is 334 g/mol. The van der Waals surface area contributed by atoms with E-state index in [-0.39, 0.29) is 0 Å². The third-order valence-electron chi connectivity index (χ3n) is 3.46. The molecule has 3 heteroatoms. The van der Waals surface area contributed by atoms with Gasteiger partial charge in [-0.05, 0) is 48.7 Å². The van der Waals surface area contributed by atoms with Gasteiger partial charge in [-0.2, -0.15) is 0 Å². The Morgan fingerprint density at radius 2 is 1.85 bits per heavy atom. The van der Waals surface area contributed by atoms with Gasteiger partial charge in [0.1, 0.15) is 5.75 Å². The van der Waals surface area contributed by atoms with E-state index in [9.17, 15) is 0 Å². The van der Waals surface area contributed by atoms with Crippen molar-refractivity contribution < 1.29 is 4.74 Å². The molecule has 0 bridgehead atoms. The molecule has 2 aromatic rings. The number of hydrogen-bond acceptors (Lipinski definition) is 2. The van der Waals surface area contributed by atoms with Crippen LogP contribution in [0.3, 0.4) is 0 Å². The number of methoxy groups -OCH3 is 1. The first-order valence-corrected chi connectivity index (χ1v) is 7.52. The second kappa shape index (κ2) is 6.91. The second-order valence-corrected chi connectivity index (χ2v) is 5.81. The number of hydrogen-bond donors (Lipinski definition) is 1. The molecule has 2 nitrogen and oxygen atoms in total. The summed E-state index contributed by atoms with van der Waals surface area (Å²) in [7, 11) is 1.69. The van der Waals surface area contributed by atoms with Crippen molar-refractivity contribution in [1.29, 1.82) is 0 Å². The Morgan fingerprint density at radius 3 is 2.45 bits per heavy atom. The summed E-state index contributed by atoms with van der Waals surface area (Å²) in [6.07, 6.45) is 0. The first-order chi connectivity index (χ1) is 9.60. The topological polar surface area (TPSA) is 21.3 Å². The Hall–Kier alpha value is -1.32. The van der Waals surface area contributed by atoms with Crippen molar-refractivity contribution in [3.63, 3.8) is 0 Å². The molecule has 1 N–H and O–H groups in total. The molecule has 20 heavy (non-hydrogen) atoms. The van der Waals surface area contributed by atoms with Gasteiger partial charge in [0.25, 0.3) is 0 Å². The predicted octanol–water partition coefficient (Wildman–Crippen LogP) is 4.62. The lowest BCUT2D eigenvalue weighted by molar-refractivity contribution is 0.414. The third kappa shape index (κ3) is 3.84. The molecule has 0 aliphatic heterocycles. The molecule has 1 unspecified atom stereocenters. The first-order valence-electron chi connectivity index (χ1n) is 6.72. The van der Waals surface area contributed by atoms with Gasteiger partial charge < -0.3 is 10.1 Å². The van der Waals surface area contributed by atoms with Crippen LogP contribution < -0.4 is 10.1 Å². The average Bonchev–Trinajstić information content (AvgIpc) is 2.48. The van der Waals surface area contributed by atoms with E-state index in [1.165, 1.54) is 16.7 Å². The van der Waals surface area contributed by atoms with Crippen molar-refractivity contribution in [3.8, 4) is 5.75 Å². The largest absolute Gasteiger partial charge is 0.497 e. The summed E-state index contributed by atoms with van der Waals surface area (Å²) in [5, 5.41) is 3.54. The maximum atomic E-state index is 5.18. The summed E-state index contributed by atoms with van der Waals surface area (Å²) >= 11 is 3.57. The minimum atomic E-state index is 0.306. The van der Waals surface area contributed by atoms with E-state index in [1.54, 1.807) is 7.11 Å². The Labute approximate surface area is 129 Å². The lowest BCUT2D eigenvalue weighted by Gasteiger charge is -2.15. The zero-order valence-corrected chi connectivity index (χ0v) is 13.7. The van der Waals surface area contributed by atoms with Crippen LogP contribution in [0.5, 0.6) is 5.75 Å². The van der Waals surface area contributed by atoms with Gasteiger partial charge in [0, 0.05) is 17.1 Å². The van der Waals surface area contributed by atoms with Crippen molar-refractivity contribution in [2.24, 2.45) is 0 Å². The van der Waals surface area contributed by atoms with Crippen molar-refractivity contribution in [3.05, 3.63) is 63.6 Å². The molecule has 0 aromatic heterocycles. The molecule has 0 fully saturated rings. The first kappa shape index (κ1) is 15.1. The number of nitrogens with one attached hydrogen (secondary N) is 1. The minimum absolute atomic E-state index is 0.306. The van der Waals surface area contributed by atoms with Gasteiger partial charge in [-0.15, -0.1) is 0 Å². The Kier molecular flexibility index (Phi) is 5.21. The van der Waals surface area contributed by atoms with Crippen molar-refractivity contribution in [2.75, 3.05) is 7.11 Å². The van der Waals surface area contributed by atoms with Crippen molar-refractivity contribution in [2.45, 2.75) is 26.4 Å². The van der Waals surface area contributed by atoms with Gasteiger partial charge in [-0.1, -0.05) is 40.2 Å². The lowest BCUT2D eigenvalue weighted by atomic mass is 10.1. The van der Waals surface area contributed by atoms with E-state index in [1.807, 2.05) is 12.1 Å². The fourth-order valence-electron chi connectivity index (χ4n) is 2.03. The Morgan fingerprint density at radius 1 is 1.15 bits per heavy atom. The highest BCUT2D eigenvalue weighted by Crippen LogP contribution is 2.20. The van der Waals surface area contributed by atoms with E-state index >= 15 is 0 Å². The lowest BCUT2D eigenvalue weighted by Crippen LogP contribution is -2.18. The summed E-state index contributed by atoms with van der Waals surface area (Å²) in [5.74, 6) is 0.892. The standard InChI is InChI=1S/C17H20BrNO/c1-12-4-5-14(10-17(12)18)11-19-13(2)15-6-8-16(20-3)9-7-15/h4-10,13,19H,11H2,1-3H3. The molecule has 0 spiro atoms. The molecular weight excluding hydrogens is 314 g/mol. The van der Waals surface area contributed by atoms with Crippen LogP contribution in [0.4, 0.5) is 0 Å². The molecule has 0 saturated heterocycles. The predicted molar refractivity (Wildman–Crippen MR) is 87.1 cm³/mol. The number of ether oxygens (including phenoxy) is 1. The fourth-order valence-corrected chi connectivity index (χ4v) is 2.45. The minimum Gasteiger partial charge on any atom is -0.497 e. The van der Waals surface area contributed by atoms with E-state index in [4.69, 9.17) is 4.74 Å². The molecule has 106 valence electrons. The van der Waals surface area contributed by atoms with Crippen LogP contribution in [-0.4, -0.2) is 7.11 Å². The van der Waals surface area contributed by atoms with Crippen LogP contribution in [0.15, 0.2) is 46.9 Å². The molecule has 0 radical (unpaired) electrons. The SMILES string of the molecule is COc1ccc(C(C)NCc2ccc(C)c(Br)c2)cc1. The van der Waals surface area contributed by atoms with E-state index in [2.05, 4.69) is 65.4 Å². The zero-order chi connectivity index (χ0) is 14.5. The molecule has 0 saturated carbocycles. The van der Waals surface area contributed by atoms with E-state index in [0.717, 1.165) is 16.8 Å². The summed E-state index contributed by atoms with van der Waals surface area (Å²) in [4.78, 5) is 0. The fraction of sp³-hybridized carbons (Fsp3) is 0.294. The van der Waals surface area contributed by atoms with Crippen LogP contribution in [0, 0.1) is 6.92 Å². The van der Waals surface area contributed by atoms with Gasteiger partial charge in [-0.25, -0.2) is 0 Å². The zero-order valence-electron chi connectivity index (χ0n) is 12.1. The number of benzene rings is 2. The molecule has 0 amide bonds. The van der Waals surface area contributed by atoms with Crippen LogP contribution in [0.25, 0.3) is 0 Å². The van der Waals surface area contributed by atoms with Crippen LogP contribution >= 0.6 is 15.9 Å². The molecule has 2 rings (SSSR count). The summed E-state index contributed by atoms with van der Waals surface area (Å²) in [6.45, 7) is 5.12. The van der Waals surface area contributed by atoms with Crippen LogP contribution in [0.2, 0.25) is 0 Å². The van der Waals surface area contributed by atoms with Gasteiger partial charge in [0.2, 0.25) is 0 Å². The molecule has 0 heterocycles. The van der Waals surface area contributed by atoms with Crippen molar-refractivity contribution >= 4 is 15.9 Å².